The van der Waals surface area contributed by atoms with E-state index in [-0.39, 0.29) is 18.1 Å². The van der Waals surface area contributed by atoms with E-state index in [0.29, 0.717) is 11.1 Å². The number of thioether (sulfide) groups is 1. The van der Waals surface area contributed by atoms with E-state index in [0.717, 1.165) is 0 Å². The molecule has 2 aromatic rings. The minimum absolute atomic E-state index is 0.131. The molecule has 0 unspecified atom stereocenters. The molecule has 1 amide bonds. The Morgan fingerprint density at radius 1 is 0.927 bits per heavy atom. The highest BCUT2D eigenvalue weighted by Crippen LogP contribution is 2.48. The number of aromatic amines is 2. The number of hydrogen-bond acceptors (Lipinski definition) is 11. The van der Waals surface area contributed by atoms with Gasteiger partial charge in [-0.25, -0.2) is 9.59 Å². The highest BCUT2D eigenvalue weighted by molar-refractivity contribution is 8.01. The van der Waals surface area contributed by atoms with Crippen LogP contribution in [-0.2, 0) is 23.7 Å². The van der Waals surface area contributed by atoms with Crippen molar-refractivity contribution in [3.05, 3.63) is 65.2 Å². The second-order valence-electron chi connectivity index (χ2n) is 11.1. The van der Waals surface area contributed by atoms with Crippen LogP contribution >= 0.6 is 11.8 Å². The van der Waals surface area contributed by atoms with Gasteiger partial charge in [0.05, 0.1) is 18.4 Å². The minimum atomic E-state index is -1.01. The normalized spacial score (nSPS) is 34.5. The number of aliphatic hydroxyl groups is 1. The van der Waals surface area contributed by atoms with Gasteiger partial charge in [0, 0.05) is 29.9 Å². The third-order valence-corrected chi connectivity index (χ3v) is 9.15. The zero-order valence-electron chi connectivity index (χ0n) is 22.8. The first-order valence-corrected chi connectivity index (χ1v) is 14.3. The van der Waals surface area contributed by atoms with Crippen LogP contribution in [0.3, 0.4) is 0 Å². The number of rotatable bonds is 5. The Bertz CT molecular complexity index is 1610. The molecule has 0 saturated carbocycles. The lowest BCUT2D eigenvalue weighted by Crippen LogP contribution is -2.53. The molecule has 8 atom stereocenters. The molecule has 222 valence electrons. The molecule has 2 aromatic heterocycles. The van der Waals surface area contributed by atoms with Crippen LogP contribution in [0.25, 0.3) is 0 Å². The molecule has 15 nitrogen and oxygen atoms in total. The number of ether oxygens (including phenoxy) is 4. The number of amides is 1. The average Bonchev–Trinajstić information content (AvgIpc) is 3.64. The summed E-state index contributed by atoms with van der Waals surface area (Å²) in [6, 6.07) is -0.633. The summed E-state index contributed by atoms with van der Waals surface area (Å²) >= 11 is 1.33. The van der Waals surface area contributed by atoms with Crippen LogP contribution in [0.5, 0.6) is 0 Å². The lowest BCUT2D eigenvalue weighted by Gasteiger charge is -2.36. The molecule has 0 aliphatic carbocycles. The van der Waals surface area contributed by atoms with Crippen LogP contribution in [0, 0.1) is 13.8 Å². The SMILES string of the molecule is Cc1cn([C@@H]2O[C@H]([C@@H]3SCC(=O)N3[C@H]3C[C@H](n4cc(C)c(=O)[nH]c4=O)O[C@@H]3CO)[C@H]3OC(C)(C)O[C@H]32)c(=O)[nH]c1=O. The monoisotopic (exact) mass is 593 g/mol. The molecule has 4 fully saturated rings. The number of nitrogens with zero attached hydrogens (tertiary/aromatic N) is 3. The summed E-state index contributed by atoms with van der Waals surface area (Å²) in [4.78, 5) is 68.7. The number of nitrogens with one attached hydrogen (secondary N) is 2. The summed E-state index contributed by atoms with van der Waals surface area (Å²) < 4.78 is 27.3. The fraction of sp³-hybridized carbons (Fsp3) is 0.640. The van der Waals surface area contributed by atoms with E-state index in [1.165, 1.54) is 33.3 Å². The van der Waals surface area contributed by atoms with E-state index >= 15 is 0 Å². The molecule has 4 aliphatic heterocycles. The average molecular weight is 594 g/mol. The molecule has 0 aromatic carbocycles. The molecule has 0 radical (unpaired) electrons. The van der Waals surface area contributed by atoms with Gasteiger partial charge in [-0.1, -0.05) is 0 Å². The van der Waals surface area contributed by atoms with Crippen molar-refractivity contribution in [2.24, 2.45) is 0 Å². The molecule has 4 aliphatic rings. The van der Waals surface area contributed by atoms with E-state index in [1.807, 2.05) is 0 Å². The van der Waals surface area contributed by atoms with Crippen LogP contribution < -0.4 is 22.5 Å². The van der Waals surface area contributed by atoms with Gasteiger partial charge in [-0.05, 0) is 27.7 Å². The van der Waals surface area contributed by atoms with Crippen molar-refractivity contribution < 1.29 is 28.8 Å². The topological polar surface area (TPSA) is 187 Å². The molecule has 0 spiro atoms. The first-order valence-electron chi connectivity index (χ1n) is 13.2. The van der Waals surface area contributed by atoms with E-state index in [1.54, 1.807) is 32.6 Å². The van der Waals surface area contributed by atoms with Crippen molar-refractivity contribution in [2.75, 3.05) is 12.4 Å². The molecular formula is C25H31N5O10S. The minimum Gasteiger partial charge on any atom is -0.394 e. The van der Waals surface area contributed by atoms with Gasteiger partial charge >= 0.3 is 11.4 Å². The zero-order chi connectivity index (χ0) is 29.4. The standard InChI is InChI=1S/C25H31N5O10S/c1-10-6-28(23(35)26-19(10)33)15-5-12(13(8-31)37-15)30-14(32)9-41-22(30)18-16-17(40-25(3,4)39-16)21(38-18)29-7-11(2)20(34)27-24(29)36/h6-7,12-13,15-18,21-22,31H,5,8-9H2,1-4H3,(H,26,33,35)(H,27,34,36)/t12-,13+,15+,16-,17+,18-,21+,22-/m0/s1. The lowest BCUT2D eigenvalue weighted by molar-refractivity contribution is -0.201. The van der Waals surface area contributed by atoms with Crippen LogP contribution in [0.4, 0.5) is 0 Å². The third kappa shape index (κ3) is 4.71. The highest BCUT2D eigenvalue weighted by atomic mass is 32.2. The Morgan fingerprint density at radius 3 is 2.20 bits per heavy atom. The van der Waals surface area contributed by atoms with E-state index < -0.39 is 83.2 Å². The van der Waals surface area contributed by atoms with E-state index in [2.05, 4.69) is 9.97 Å². The smallest absolute Gasteiger partial charge is 0.330 e. The summed E-state index contributed by atoms with van der Waals surface area (Å²) in [6.45, 7) is 6.20. The number of aryl methyl sites for hydroxylation is 2. The second-order valence-corrected chi connectivity index (χ2v) is 12.2. The summed E-state index contributed by atoms with van der Waals surface area (Å²) in [7, 11) is 0. The number of carbonyl (C=O) groups is 1. The van der Waals surface area contributed by atoms with Gasteiger partial charge in [0.2, 0.25) is 5.91 Å². The lowest BCUT2D eigenvalue weighted by atomic mass is 10.0. The van der Waals surface area contributed by atoms with Gasteiger partial charge in [-0.3, -0.25) is 33.5 Å². The molecule has 3 N–H and O–H groups in total. The van der Waals surface area contributed by atoms with Crippen molar-refractivity contribution in [3.8, 4) is 0 Å². The number of hydrogen-bond donors (Lipinski definition) is 3. The van der Waals surface area contributed by atoms with Crippen LogP contribution in [0.15, 0.2) is 31.6 Å². The number of H-pyrrole nitrogens is 2. The molecule has 6 heterocycles. The Labute approximate surface area is 236 Å². The maximum atomic E-state index is 13.3. The predicted molar refractivity (Wildman–Crippen MR) is 142 cm³/mol. The first-order chi connectivity index (χ1) is 19.4. The zero-order valence-corrected chi connectivity index (χ0v) is 23.6. The molecule has 41 heavy (non-hydrogen) atoms. The summed E-state index contributed by atoms with van der Waals surface area (Å²) in [5.41, 5.74) is -1.72. The number of fused-ring (bicyclic) bond motifs is 1. The molecule has 4 saturated heterocycles. The van der Waals surface area contributed by atoms with Crippen molar-refractivity contribution in [2.45, 2.75) is 88.2 Å². The van der Waals surface area contributed by atoms with Gasteiger partial charge in [-0.2, -0.15) is 0 Å². The van der Waals surface area contributed by atoms with Crippen molar-refractivity contribution in [1.29, 1.82) is 0 Å². The quantitative estimate of drug-likeness (QED) is 0.373. The van der Waals surface area contributed by atoms with Crippen LogP contribution in [0.2, 0.25) is 0 Å². The van der Waals surface area contributed by atoms with Gasteiger partial charge < -0.3 is 29.0 Å². The third-order valence-electron chi connectivity index (χ3n) is 7.90. The first kappa shape index (κ1) is 28.1. The van der Waals surface area contributed by atoms with Gasteiger partial charge in [0.1, 0.15) is 36.0 Å². The Balaban J connectivity index is 1.33. The summed E-state index contributed by atoms with van der Waals surface area (Å²) in [6.07, 6.45) is -1.77. The van der Waals surface area contributed by atoms with Crippen molar-refractivity contribution >= 4 is 17.7 Å². The van der Waals surface area contributed by atoms with Gasteiger partial charge in [0.15, 0.2) is 12.0 Å². The van der Waals surface area contributed by atoms with Crippen LogP contribution in [-0.4, -0.2) is 89.0 Å². The summed E-state index contributed by atoms with van der Waals surface area (Å²) in [5.74, 6) is -1.09. The largest absolute Gasteiger partial charge is 0.394 e. The second kappa shape index (κ2) is 10.1. The fourth-order valence-electron chi connectivity index (χ4n) is 6.06. The van der Waals surface area contributed by atoms with Crippen LogP contribution in [0.1, 0.15) is 43.9 Å². The molecule has 6 rings (SSSR count). The van der Waals surface area contributed by atoms with Gasteiger partial charge in [-0.15, -0.1) is 11.8 Å². The van der Waals surface area contributed by atoms with E-state index in [9.17, 15) is 29.1 Å². The van der Waals surface area contributed by atoms with Crippen molar-refractivity contribution in [1.82, 2.24) is 24.0 Å². The fourth-order valence-corrected chi connectivity index (χ4v) is 7.36. The Hall–Kier alpha value is -3.02. The molecular weight excluding hydrogens is 562 g/mol. The number of aromatic nitrogens is 4. The van der Waals surface area contributed by atoms with E-state index in [4.69, 9.17) is 18.9 Å². The maximum absolute atomic E-state index is 13.3. The van der Waals surface area contributed by atoms with Gasteiger partial charge in [0.25, 0.3) is 11.1 Å². The maximum Gasteiger partial charge on any atom is 0.330 e. The molecule has 16 heteroatoms. The number of aliphatic hydroxyl groups excluding tert-OH is 1. The molecule has 0 bridgehead atoms. The highest BCUT2D eigenvalue weighted by Gasteiger charge is 2.61. The predicted octanol–water partition coefficient (Wildman–Crippen LogP) is -1.33. The summed E-state index contributed by atoms with van der Waals surface area (Å²) in [5, 5.41) is 9.59. The Morgan fingerprint density at radius 2 is 1.54 bits per heavy atom. The van der Waals surface area contributed by atoms with Crippen molar-refractivity contribution in [3.63, 3.8) is 0 Å². The number of carbonyl (C=O) groups excluding carboxylic acids is 1. The Kier molecular flexibility index (Phi) is 6.90.